The normalized spacial score (nSPS) is 25.1. The third-order valence-corrected chi connectivity index (χ3v) is 4.71. The summed E-state index contributed by atoms with van der Waals surface area (Å²) in [7, 11) is 0. The molecule has 1 aliphatic carbocycles. The third kappa shape index (κ3) is 2.26. The molecule has 0 aliphatic heterocycles. The largest absolute Gasteiger partial charge is 0.508 e. The fraction of sp³-hybridized carbons (Fsp3) is 0.333. The van der Waals surface area contributed by atoms with Crippen LogP contribution in [0.1, 0.15) is 36.8 Å². The average molecular weight is 268 g/mol. The topological polar surface area (TPSA) is 40.5 Å². The molecule has 3 rings (SSSR count). The Morgan fingerprint density at radius 3 is 2.45 bits per heavy atom. The maximum atomic E-state index is 9.97. The fourth-order valence-electron chi connectivity index (χ4n) is 3.38. The Kier molecular flexibility index (Phi) is 3.17. The van der Waals surface area contributed by atoms with Crippen LogP contribution in [0.2, 0.25) is 0 Å². The molecule has 2 aromatic carbocycles. The van der Waals surface area contributed by atoms with Gasteiger partial charge in [-0.25, -0.2) is 0 Å². The summed E-state index contributed by atoms with van der Waals surface area (Å²) in [5, 5.41) is 19.3. The van der Waals surface area contributed by atoms with E-state index < -0.39 is 0 Å². The Morgan fingerprint density at radius 1 is 1.10 bits per heavy atom. The van der Waals surface area contributed by atoms with Gasteiger partial charge in [-0.15, -0.1) is 0 Å². The lowest BCUT2D eigenvalue weighted by atomic mass is 9.56. The standard InChI is InChI=1S/C18H20O2/c1-18(12-14-7-8-15(19)11-17(14)20)10-9-16(18)13-5-3-2-4-6-13/h2-8,11,16,19-20H,9-10,12H2,1H3. The predicted molar refractivity (Wildman–Crippen MR) is 80.0 cm³/mol. The summed E-state index contributed by atoms with van der Waals surface area (Å²) in [5.74, 6) is 0.867. The Bertz CT molecular complexity index is 606. The first-order valence-corrected chi connectivity index (χ1v) is 7.14. The first-order chi connectivity index (χ1) is 9.58. The van der Waals surface area contributed by atoms with Crippen LogP contribution in [-0.2, 0) is 6.42 Å². The van der Waals surface area contributed by atoms with Gasteiger partial charge in [0.15, 0.2) is 0 Å². The molecular weight excluding hydrogens is 248 g/mol. The Morgan fingerprint density at radius 2 is 1.85 bits per heavy atom. The smallest absolute Gasteiger partial charge is 0.122 e. The Balaban J connectivity index is 1.83. The van der Waals surface area contributed by atoms with Gasteiger partial charge in [0, 0.05) is 6.07 Å². The lowest BCUT2D eigenvalue weighted by molar-refractivity contribution is 0.113. The minimum absolute atomic E-state index is 0.115. The second-order valence-electron chi connectivity index (χ2n) is 6.15. The van der Waals surface area contributed by atoms with Crippen molar-refractivity contribution in [2.24, 2.45) is 5.41 Å². The van der Waals surface area contributed by atoms with Crippen LogP contribution in [0.4, 0.5) is 0 Å². The second kappa shape index (κ2) is 4.86. The van der Waals surface area contributed by atoms with Crippen LogP contribution in [0.25, 0.3) is 0 Å². The van der Waals surface area contributed by atoms with Gasteiger partial charge in [0.1, 0.15) is 11.5 Å². The van der Waals surface area contributed by atoms with E-state index in [1.807, 2.05) is 12.1 Å². The van der Waals surface area contributed by atoms with E-state index in [-0.39, 0.29) is 16.9 Å². The molecule has 0 amide bonds. The van der Waals surface area contributed by atoms with Crippen molar-refractivity contribution in [1.29, 1.82) is 0 Å². The van der Waals surface area contributed by atoms with Crippen LogP contribution in [0.5, 0.6) is 11.5 Å². The van der Waals surface area contributed by atoms with Crippen LogP contribution >= 0.6 is 0 Å². The zero-order valence-corrected chi connectivity index (χ0v) is 11.7. The number of aromatic hydroxyl groups is 2. The van der Waals surface area contributed by atoms with Crippen LogP contribution < -0.4 is 0 Å². The molecular formula is C18H20O2. The molecule has 0 spiro atoms. The van der Waals surface area contributed by atoms with E-state index >= 15 is 0 Å². The highest BCUT2D eigenvalue weighted by molar-refractivity contribution is 5.40. The van der Waals surface area contributed by atoms with Crippen LogP contribution in [-0.4, -0.2) is 10.2 Å². The van der Waals surface area contributed by atoms with Gasteiger partial charge in [-0.1, -0.05) is 43.3 Å². The highest BCUT2D eigenvalue weighted by Crippen LogP contribution is 2.55. The first-order valence-electron chi connectivity index (χ1n) is 7.14. The van der Waals surface area contributed by atoms with E-state index in [0.717, 1.165) is 12.0 Å². The molecule has 2 aromatic rings. The van der Waals surface area contributed by atoms with Gasteiger partial charge < -0.3 is 10.2 Å². The molecule has 20 heavy (non-hydrogen) atoms. The number of benzene rings is 2. The summed E-state index contributed by atoms with van der Waals surface area (Å²) < 4.78 is 0. The molecule has 0 heterocycles. The van der Waals surface area contributed by atoms with E-state index in [4.69, 9.17) is 0 Å². The van der Waals surface area contributed by atoms with Gasteiger partial charge >= 0.3 is 0 Å². The van der Waals surface area contributed by atoms with Crippen molar-refractivity contribution in [3.8, 4) is 11.5 Å². The zero-order valence-electron chi connectivity index (χ0n) is 11.7. The molecule has 104 valence electrons. The number of hydrogen-bond acceptors (Lipinski definition) is 2. The average Bonchev–Trinajstić information content (AvgIpc) is 2.42. The summed E-state index contributed by atoms with van der Waals surface area (Å²) in [4.78, 5) is 0. The van der Waals surface area contributed by atoms with Crippen LogP contribution in [0.3, 0.4) is 0 Å². The van der Waals surface area contributed by atoms with E-state index in [1.165, 1.54) is 24.5 Å². The van der Waals surface area contributed by atoms with Crippen LogP contribution in [0, 0.1) is 5.41 Å². The quantitative estimate of drug-likeness (QED) is 0.874. The molecule has 0 radical (unpaired) electrons. The number of phenolic OH excluding ortho intramolecular Hbond substituents is 2. The molecule has 1 aliphatic rings. The maximum absolute atomic E-state index is 9.97. The highest BCUT2D eigenvalue weighted by atomic mass is 16.3. The minimum atomic E-state index is 0.115. The zero-order chi connectivity index (χ0) is 14.2. The molecule has 2 unspecified atom stereocenters. The summed E-state index contributed by atoms with van der Waals surface area (Å²) in [6.45, 7) is 2.29. The minimum Gasteiger partial charge on any atom is -0.508 e. The van der Waals surface area contributed by atoms with E-state index in [2.05, 4.69) is 31.2 Å². The summed E-state index contributed by atoms with van der Waals surface area (Å²) >= 11 is 0. The monoisotopic (exact) mass is 268 g/mol. The van der Waals surface area contributed by atoms with Crippen molar-refractivity contribution in [3.63, 3.8) is 0 Å². The van der Waals surface area contributed by atoms with Crippen molar-refractivity contribution in [3.05, 3.63) is 59.7 Å². The van der Waals surface area contributed by atoms with Gasteiger partial charge in [-0.05, 0) is 47.8 Å². The van der Waals surface area contributed by atoms with Crippen LogP contribution in [0.15, 0.2) is 48.5 Å². The SMILES string of the molecule is CC1(Cc2ccc(O)cc2O)CCC1c1ccccc1. The number of phenols is 2. The molecule has 2 atom stereocenters. The Labute approximate surface area is 119 Å². The molecule has 1 saturated carbocycles. The van der Waals surface area contributed by atoms with Crippen molar-refractivity contribution >= 4 is 0 Å². The summed E-state index contributed by atoms with van der Waals surface area (Å²) in [5.41, 5.74) is 2.50. The molecule has 1 fully saturated rings. The van der Waals surface area contributed by atoms with E-state index in [0.29, 0.717) is 5.92 Å². The lowest BCUT2D eigenvalue weighted by Gasteiger charge is -2.48. The second-order valence-corrected chi connectivity index (χ2v) is 6.15. The molecule has 2 heteroatoms. The van der Waals surface area contributed by atoms with Gasteiger partial charge in [0.05, 0.1) is 0 Å². The molecule has 2 N–H and O–H groups in total. The summed E-state index contributed by atoms with van der Waals surface area (Å²) in [6, 6.07) is 15.5. The molecule has 0 aromatic heterocycles. The Hall–Kier alpha value is -1.96. The van der Waals surface area contributed by atoms with E-state index in [1.54, 1.807) is 6.07 Å². The molecule has 0 bridgehead atoms. The highest BCUT2D eigenvalue weighted by Gasteiger charge is 2.43. The van der Waals surface area contributed by atoms with Crippen molar-refractivity contribution in [1.82, 2.24) is 0 Å². The van der Waals surface area contributed by atoms with Gasteiger partial charge in [0.2, 0.25) is 0 Å². The number of rotatable bonds is 3. The number of hydrogen-bond donors (Lipinski definition) is 2. The molecule has 0 saturated heterocycles. The van der Waals surface area contributed by atoms with E-state index in [9.17, 15) is 10.2 Å². The van der Waals surface area contributed by atoms with Gasteiger partial charge in [-0.3, -0.25) is 0 Å². The fourth-order valence-corrected chi connectivity index (χ4v) is 3.38. The van der Waals surface area contributed by atoms with Crippen molar-refractivity contribution < 1.29 is 10.2 Å². The summed E-state index contributed by atoms with van der Waals surface area (Å²) in [6.07, 6.45) is 3.23. The third-order valence-electron chi connectivity index (χ3n) is 4.71. The molecule has 2 nitrogen and oxygen atoms in total. The van der Waals surface area contributed by atoms with Gasteiger partial charge in [-0.2, -0.15) is 0 Å². The maximum Gasteiger partial charge on any atom is 0.122 e. The van der Waals surface area contributed by atoms with Gasteiger partial charge in [0.25, 0.3) is 0 Å². The predicted octanol–water partition coefficient (Wildman–Crippen LogP) is 4.22. The van der Waals surface area contributed by atoms with Crippen molar-refractivity contribution in [2.45, 2.75) is 32.1 Å². The first kappa shape index (κ1) is 13.0. The lowest BCUT2D eigenvalue weighted by Crippen LogP contribution is -2.37. The van der Waals surface area contributed by atoms with Crippen molar-refractivity contribution in [2.75, 3.05) is 0 Å².